The Hall–Kier alpha value is -0.730. The zero-order valence-electron chi connectivity index (χ0n) is 8.67. The summed E-state index contributed by atoms with van der Waals surface area (Å²) in [6, 6.07) is 3.61. The van der Waals surface area contributed by atoms with Crippen molar-refractivity contribution in [3.63, 3.8) is 0 Å². The molecule has 2 nitrogen and oxygen atoms in total. The van der Waals surface area contributed by atoms with E-state index in [1.165, 1.54) is 0 Å². The first-order valence-corrected chi connectivity index (χ1v) is 6.21. The Morgan fingerprint density at radius 2 is 2.06 bits per heavy atom. The Labute approximate surface area is 104 Å². The first-order valence-electron chi connectivity index (χ1n) is 5.46. The second kappa shape index (κ2) is 3.64. The molecule has 3 rings (SSSR count). The van der Waals surface area contributed by atoms with Gasteiger partial charge in [-0.25, -0.2) is 0 Å². The van der Waals surface area contributed by atoms with Gasteiger partial charge in [-0.3, -0.25) is 4.79 Å². The highest BCUT2D eigenvalue weighted by Gasteiger charge is 2.37. The van der Waals surface area contributed by atoms with Crippen molar-refractivity contribution < 1.29 is 4.79 Å². The van der Waals surface area contributed by atoms with Crippen LogP contribution in [0.25, 0.3) is 0 Å². The van der Waals surface area contributed by atoms with Crippen LogP contribution in [0.1, 0.15) is 18.4 Å². The number of nitrogens with zero attached hydrogens (tertiary/aromatic N) is 1. The summed E-state index contributed by atoms with van der Waals surface area (Å²) in [6.07, 6.45) is 2.90. The van der Waals surface area contributed by atoms with Crippen molar-refractivity contribution in [2.24, 2.45) is 5.92 Å². The van der Waals surface area contributed by atoms with Crippen LogP contribution in [0.5, 0.6) is 0 Å². The van der Waals surface area contributed by atoms with E-state index in [-0.39, 0.29) is 11.8 Å². The van der Waals surface area contributed by atoms with Crippen molar-refractivity contribution >= 4 is 34.8 Å². The monoisotopic (exact) mass is 255 g/mol. The molecule has 1 aliphatic carbocycles. The highest BCUT2D eigenvalue weighted by molar-refractivity contribution is 6.37. The fourth-order valence-corrected chi connectivity index (χ4v) is 2.86. The molecule has 1 fully saturated rings. The number of carbonyl (C=O) groups excluding carboxylic acids is 1. The Balaban J connectivity index is 2.01. The van der Waals surface area contributed by atoms with Gasteiger partial charge in [0.25, 0.3) is 0 Å². The van der Waals surface area contributed by atoms with Crippen LogP contribution in [0.2, 0.25) is 10.0 Å². The molecule has 84 valence electrons. The SMILES string of the molecule is O=C(C1CC1)N1CCc2cc(Cl)cc(Cl)c21. The number of benzene rings is 1. The molecule has 0 N–H and O–H groups in total. The van der Waals surface area contributed by atoms with E-state index in [0.29, 0.717) is 10.0 Å². The smallest absolute Gasteiger partial charge is 0.230 e. The van der Waals surface area contributed by atoms with Gasteiger partial charge in [-0.15, -0.1) is 0 Å². The molecule has 0 aromatic heterocycles. The van der Waals surface area contributed by atoms with E-state index in [1.54, 1.807) is 6.07 Å². The van der Waals surface area contributed by atoms with Crippen LogP contribution in [-0.4, -0.2) is 12.5 Å². The van der Waals surface area contributed by atoms with E-state index < -0.39 is 0 Å². The number of fused-ring (bicyclic) bond motifs is 1. The zero-order chi connectivity index (χ0) is 11.3. The fraction of sp³-hybridized carbons (Fsp3) is 0.417. The molecular formula is C12H11Cl2NO. The molecule has 0 radical (unpaired) electrons. The van der Waals surface area contributed by atoms with Crippen molar-refractivity contribution in [1.29, 1.82) is 0 Å². The van der Waals surface area contributed by atoms with Gasteiger partial charge < -0.3 is 4.90 Å². The van der Waals surface area contributed by atoms with Crippen LogP contribution in [0, 0.1) is 5.92 Å². The fourth-order valence-electron chi connectivity index (χ4n) is 2.23. The van der Waals surface area contributed by atoms with E-state index in [9.17, 15) is 4.79 Å². The van der Waals surface area contributed by atoms with Crippen molar-refractivity contribution in [2.75, 3.05) is 11.4 Å². The second-order valence-corrected chi connectivity index (χ2v) is 5.25. The zero-order valence-corrected chi connectivity index (χ0v) is 10.2. The number of carbonyl (C=O) groups is 1. The van der Waals surface area contributed by atoms with Gasteiger partial charge in [0.1, 0.15) is 0 Å². The predicted molar refractivity (Wildman–Crippen MR) is 65.2 cm³/mol. The summed E-state index contributed by atoms with van der Waals surface area (Å²) in [4.78, 5) is 13.9. The minimum atomic E-state index is 0.225. The molecule has 1 aromatic rings. The number of rotatable bonds is 1. The van der Waals surface area contributed by atoms with Gasteiger partial charge in [0.15, 0.2) is 0 Å². The Bertz CT molecular complexity index is 468. The summed E-state index contributed by atoms with van der Waals surface area (Å²) >= 11 is 12.1. The maximum atomic E-state index is 12.0. The highest BCUT2D eigenvalue weighted by Crippen LogP contribution is 2.41. The molecule has 2 aliphatic rings. The quantitative estimate of drug-likeness (QED) is 0.755. The summed E-state index contributed by atoms with van der Waals surface area (Å²) in [5.41, 5.74) is 1.97. The maximum absolute atomic E-state index is 12.0. The first-order chi connectivity index (χ1) is 7.66. The minimum absolute atomic E-state index is 0.225. The van der Waals surface area contributed by atoms with Gasteiger partial charge in [-0.05, 0) is 37.0 Å². The summed E-state index contributed by atoms with van der Waals surface area (Å²) in [5.74, 6) is 0.459. The molecule has 1 heterocycles. The molecule has 1 amide bonds. The maximum Gasteiger partial charge on any atom is 0.230 e. The van der Waals surface area contributed by atoms with E-state index in [2.05, 4.69) is 0 Å². The molecule has 1 saturated carbocycles. The average Bonchev–Trinajstić information content (AvgIpc) is 2.98. The number of anilines is 1. The average molecular weight is 256 g/mol. The van der Waals surface area contributed by atoms with Crippen molar-refractivity contribution in [3.8, 4) is 0 Å². The lowest BCUT2D eigenvalue weighted by molar-refractivity contribution is -0.119. The number of hydrogen-bond donors (Lipinski definition) is 0. The molecule has 0 unspecified atom stereocenters. The minimum Gasteiger partial charge on any atom is -0.310 e. The topological polar surface area (TPSA) is 20.3 Å². The first kappa shape index (κ1) is 10.4. The molecule has 1 aliphatic heterocycles. The predicted octanol–water partition coefficient (Wildman–Crippen LogP) is 3.29. The molecule has 1 aromatic carbocycles. The van der Waals surface area contributed by atoms with Crippen LogP contribution in [-0.2, 0) is 11.2 Å². The third-order valence-electron chi connectivity index (χ3n) is 3.17. The Kier molecular flexibility index (Phi) is 2.37. The van der Waals surface area contributed by atoms with Gasteiger partial charge in [0.2, 0.25) is 5.91 Å². The summed E-state index contributed by atoms with van der Waals surface area (Å²) in [5, 5.41) is 1.23. The van der Waals surface area contributed by atoms with Crippen LogP contribution in [0.15, 0.2) is 12.1 Å². The lowest BCUT2D eigenvalue weighted by atomic mass is 10.2. The van der Waals surface area contributed by atoms with Crippen LogP contribution >= 0.6 is 23.2 Å². The summed E-state index contributed by atoms with van der Waals surface area (Å²) in [7, 11) is 0. The number of hydrogen-bond acceptors (Lipinski definition) is 1. The van der Waals surface area contributed by atoms with E-state index in [1.807, 2.05) is 11.0 Å². The summed E-state index contributed by atoms with van der Waals surface area (Å²) < 4.78 is 0. The van der Waals surface area contributed by atoms with Crippen molar-refractivity contribution in [2.45, 2.75) is 19.3 Å². The Morgan fingerprint density at radius 3 is 2.75 bits per heavy atom. The van der Waals surface area contributed by atoms with Gasteiger partial charge in [0.05, 0.1) is 10.7 Å². The van der Waals surface area contributed by atoms with Crippen LogP contribution in [0.3, 0.4) is 0 Å². The third kappa shape index (κ3) is 1.61. The normalized spacial score (nSPS) is 18.8. The largest absolute Gasteiger partial charge is 0.310 e. The molecule has 16 heavy (non-hydrogen) atoms. The molecule has 0 bridgehead atoms. The van der Waals surface area contributed by atoms with Gasteiger partial charge >= 0.3 is 0 Å². The van der Waals surface area contributed by atoms with E-state index in [0.717, 1.165) is 37.1 Å². The van der Waals surface area contributed by atoms with Crippen LogP contribution < -0.4 is 4.90 Å². The standard InChI is InChI=1S/C12H11Cl2NO/c13-9-5-8-3-4-15(11(8)10(14)6-9)12(16)7-1-2-7/h5-7H,1-4H2. The van der Waals surface area contributed by atoms with Gasteiger partial charge in [-0.2, -0.15) is 0 Å². The molecule has 0 atom stereocenters. The summed E-state index contributed by atoms with van der Waals surface area (Å²) in [6.45, 7) is 0.741. The Morgan fingerprint density at radius 1 is 1.31 bits per heavy atom. The van der Waals surface area contributed by atoms with E-state index in [4.69, 9.17) is 23.2 Å². The molecule has 0 saturated heterocycles. The van der Waals surface area contributed by atoms with E-state index >= 15 is 0 Å². The van der Waals surface area contributed by atoms with Crippen LogP contribution in [0.4, 0.5) is 5.69 Å². The number of amides is 1. The second-order valence-electron chi connectivity index (χ2n) is 4.41. The van der Waals surface area contributed by atoms with Gasteiger partial charge in [0, 0.05) is 17.5 Å². The molecule has 4 heteroatoms. The lowest BCUT2D eigenvalue weighted by Crippen LogP contribution is -2.30. The third-order valence-corrected chi connectivity index (χ3v) is 3.68. The molecule has 0 spiro atoms. The lowest BCUT2D eigenvalue weighted by Gasteiger charge is -2.18. The molecular weight excluding hydrogens is 245 g/mol. The highest BCUT2D eigenvalue weighted by atomic mass is 35.5. The van der Waals surface area contributed by atoms with Crippen molar-refractivity contribution in [3.05, 3.63) is 27.7 Å². The van der Waals surface area contributed by atoms with Gasteiger partial charge in [-0.1, -0.05) is 23.2 Å². The number of halogens is 2. The van der Waals surface area contributed by atoms with Crippen molar-refractivity contribution in [1.82, 2.24) is 0 Å².